The van der Waals surface area contributed by atoms with Crippen molar-refractivity contribution in [2.24, 2.45) is 0 Å². The number of rotatable bonds is 2. The number of benzene rings is 3. The van der Waals surface area contributed by atoms with E-state index in [1.807, 2.05) is 30.3 Å². The van der Waals surface area contributed by atoms with Gasteiger partial charge in [-0.1, -0.05) is 67.2 Å². The van der Waals surface area contributed by atoms with Gasteiger partial charge < -0.3 is 4.74 Å². The summed E-state index contributed by atoms with van der Waals surface area (Å²) in [5.41, 5.74) is 4.79. The number of hydrogen-bond donors (Lipinski definition) is 0. The van der Waals surface area contributed by atoms with E-state index < -0.39 is 0 Å². The fourth-order valence-corrected chi connectivity index (χ4v) is 3.27. The zero-order chi connectivity index (χ0) is 16.0. The van der Waals surface area contributed by atoms with Gasteiger partial charge in [0.1, 0.15) is 0 Å². The summed E-state index contributed by atoms with van der Waals surface area (Å²) < 4.78 is 5.80. The van der Waals surface area contributed by atoms with Crippen LogP contribution in [0.25, 0.3) is 21.9 Å². The lowest BCUT2D eigenvalue weighted by atomic mass is 9.98. The molecule has 0 saturated carbocycles. The van der Waals surface area contributed by atoms with Gasteiger partial charge in [-0.15, -0.1) is 0 Å². The van der Waals surface area contributed by atoms with Gasteiger partial charge in [-0.3, -0.25) is 0 Å². The monoisotopic (exact) mass is 300 g/mol. The van der Waals surface area contributed by atoms with E-state index in [4.69, 9.17) is 4.74 Å². The Morgan fingerprint density at radius 3 is 2.52 bits per heavy atom. The molecule has 2 heteroatoms. The van der Waals surface area contributed by atoms with Crippen molar-refractivity contribution in [3.05, 3.63) is 83.9 Å². The van der Waals surface area contributed by atoms with Crippen LogP contribution in [0.2, 0.25) is 0 Å². The van der Waals surface area contributed by atoms with E-state index in [2.05, 4.69) is 36.9 Å². The quantitative estimate of drug-likeness (QED) is 0.490. The van der Waals surface area contributed by atoms with Crippen LogP contribution >= 0.6 is 0 Å². The van der Waals surface area contributed by atoms with Gasteiger partial charge in [0.15, 0.2) is 6.10 Å². The highest BCUT2D eigenvalue weighted by Gasteiger charge is 2.32. The van der Waals surface area contributed by atoms with E-state index in [9.17, 15) is 4.79 Å². The van der Waals surface area contributed by atoms with Crippen molar-refractivity contribution in [3.63, 3.8) is 0 Å². The predicted octanol–water partition coefficient (Wildman–Crippen LogP) is 5.03. The molecule has 4 rings (SSSR count). The first-order valence-corrected chi connectivity index (χ1v) is 7.64. The van der Waals surface area contributed by atoms with Crippen LogP contribution in [0.3, 0.4) is 0 Å². The third-order valence-corrected chi connectivity index (χ3v) is 4.34. The summed E-state index contributed by atoms with van der Waals surface area (Å²) in [6.07, 6.45) is -0.378. The van der Waals surface area contributed by atoms with Crippen molar-refractivity contribution in [2.75, 3.05) is 0 Å². The Hall–Kier alpha value is -2.87. The molecule has 0 aromatic heterocycles. The average Bonchev–Trinajstić information content (AvgIpc) is 2.89. The Balaban J connectivity index is 1.98. The minimum absolute atomic E-state index is 0.356. The van der Waals surface area contributed by atoms with Crippen LogP contribution in [0, 0.1) is 0 Å². The predicted molar refractivity (Wildman–Crippen MR) is 92.1 cm³/mol. The van der Waals surface area contributed by atoms with E-state index in [-0.39, 0.29) is 12.1 Å². The first kappa shape index (κ1) is 13.8. The second-order valence-electron chi connectivity index (χ2n) is 5.90. The van der Waals surface area contributed by atoms with E-state index in [0.29, 0.717) is 5.57 Å². The summed E-state index contributed by atoms with van der Waals surface area (Å²) in [6, 6.07) is 20.5. The Kier molecular flexibility index (Phi) is 3.05. The molecule has 0 N–H and O–H groups in total. The molecule has 23 heavy (non-hydrogen) atoms. The second kappa shape index (κ2) is 5.10. The van der Waals surface area contributed by atoms with Crippen LogP contribution in [0.4, 0.5) is 0 Å². The van der Waals surface area contributed by atoms with Gasteiger partial charge in [-0.2, -0.15) is 0 Å². The molecular weight excluding hydrogens is 284 g/mol. The Labute approximate surface area is 135 Å². The molecule has 0 amide bonds. The molecule has 0 radical (unpaired) electrons. The molecule has 0 bridgehead atoms. The van der Waals surface area contributed by atoms with Crippen molar-refractivity contribution < 1.29 is 9.53 Å². The third-order valence-electron chi connectivity index (χ3n) is 4.34. The molecule has 0 heterocycles. The Bertz CT molecular complexity index is 953. The summed E-state index contributed by atoms with van der Waals surface area (Å²) in [5, 5.41) is 2.27. The van der Waals surface area contributed by atoms with Crippen molar-refractivity contribution in [3.8, 4) is 11.1 Å². The zero-order valence-electron chi connectivity index (χ0n) is 12.9. The standard InChI is InChI=1S/C21H16O2/c1-13(2)21(22)23-20-18-10-6-5-9-16(18)17-12-11-14-7-3-4-8-15(14)19(17)20/h3-12,20H,1H2,2H3. The Morgan fingerprint density at radius 1 is 0.957 bits per heavy atom. The lowest BCUT2D eigenvalue weighted by Gasteiger charge is -2.16. The van der Waals surface area contributed by atoms with E-state index >= 15 is 0 Å². The molecule has 0 saturated heterocycles. The van der Waals surface area contributed by atoms with Crippen LogP contribution in [0.5, 0.6) is 0 Å². The lowest BCUT2D eigenvalue weighted by molar-refractivity contribution is -0.142. The van der Waals surface area contributed by atoms with Crippen LogP contribution in [0.15, 0.2) is 72.8 Å². The summed E-state index contributed by atoms with van der Waals surface area (Å²) in [4.78, 5) is 12.1. The molecule has 3 aromatic carbocycles. The average molecular weight is 300 g/mol. The van der Waals surface area contributed by atoms with E-state index in [1.165, 1.54) is 0 Å². The number of fused-ring (bicyclic) bond motifs is 5. The molecule has 0 aliphatic heterocycles. The largest absolute Gasteiger partial charge is 0.449 e. The van der Waals surface area contributed by atoms with Gasteiger partial charge in [0.05, 0.1) is 0 Å². The van der Waals surface area contributed by atoms with Crippen molar-refractivity contribution >= 4 is 16.7 Å². The van der Waals surface area contributed by atoms with Crippen molar-refractivity contribution in [1.29, 1.82) is 0 Å². The minimum atomic E-state index is -0.378. The molecule has 1 atom stereocenters. The summed E-state index contributed by atoms with van der Waals surface area (Å²) in [6.45, 7) is 5.37. The minimum Gasteiger partial charge on any atom is -0.449 e. The van der Waals surface area contributed by atoms with Gasteiger partial charge in [-0.25, -0.2) is 4.79 Å². The first-order valence-electron chi connectivity index (χ1n) is 7.64. The second-order valence-corrected chi connectivity index (χ2v) is 5.90. The van der Waals surface area contributed by atoms with Crippen LogP contribution < -0.4 is 0 Å². The number of hydrogen-bond acceptors (Lipinski definition) is 2. The maximum absolute atomic E-state index is 12.1. The van der Waals surface area contributed by atoms with Gasteiger partial charge in [0.25, 0.3) is 0 Å². The normalized spacial score (nSPS) is 15.1. The maximum atomic E-state index is 12.1. The SMILES string of the molecule is C=C(C)C(=O)OC1c2ccccc2-c2ccc3ccccc3c21. The van der Waals surface area contributed by atoms with Crippen LogP contribution in [-0.4, -0.2) is 5.97 Å². The maximum Gasteiger partial charge on any atom is 0.334 e. The zero-order valence-corrected chi connectivity index (χ0v) is 12.9. The molecule has 112 valence electrons. The first-order chi connectivity index (χ1) is 11.2. The van der Waals surface area contributed by atoms with Crippen molar-refractivity contribution in [1.82, 2.24) is 0 Å². The van der Waals surface area contributed by atoms with E-state index in [0.717, 1.165) is 33.0 Å². The summed E-state index contributed by atoms with van der Waals surface area (Å²) >= 11 is 0. The number of esters is 1. The number of ether oxygens (including phenoxy) is 1. The third kappa shape index (κ3) is 2.07. The fourth-order valence-electron chi connectivity index (χ4n) is 3.27. The molecule has 0 fully saturated rings. The molecule has 2 nitrogen and oxygen atoms in total. The highest BCUT2D eigenvalue weighted by Crippen LogP contribution is 2.48. The van der Waals surface area contributed by atoms with E-state index in [1.54, 1.807) is 6.92 Å². The van der Waals surface area contributed by atoms with Crippen molar-refractivity contribution in [2.45, 2.75) is 13.0 Å². The molecule has 1 unspecified atom stereocenters. The van der Waals surface area contributed by atoms with Gasteiger partial charge in [0, 0.05) is 16.7 Å². The summed E-state index contributed by atoms with van der Waals surface area (Å²) in [7, 11) is 0. The fraction of sp³-hybridized carbons (Fsp3) is 0.0952. The smallest absolute Gasteiger partial charge is 0.334 e. The molecule has 3 aromatic rings. The molecule has 0 spiro atoms. The van der Waals surface area contributed by atoms with Gasteiger partial charge in [-0.05, 0) is 28.8 Å². The van der Waals surface area contributed by atoms with Crippen LogP contribution in [0.1, 0.15) is 24.2 Å². The number of carbonyl (C=O) groups is 1. The molecular formula is C21H16O2. The van der Waals surface area contributed by atoms with Gasteiger partial charge in [0.2, 0.25) is 0 Å². The Morgan fingerprint density at radius 2 is 1.70 bits per heavy atom. The topological polar surface area (TPSA) is 26.3 Å². The summed E-state index contributed by atoms with van der Waals surface area (Å²) in [5.74, 6) is -0.356. The highest BCUT2D eigenvalue weighted by molar-refractivity contribution is 5.97. The van der Waals surface area contributed by atoms with Crippen LogP contribution in [-0.2, 0) is 9.53 Å². The molecule has 1 aliphatic rings. The number of carbonyl (C=O) groups excluding carboxylic acids is 1. The lowest BCUT2D eigenvalue weighted by Crippen LogP contribution is -2.11. The van der Waals surface area contributed by atoms with Gasteiger partial charge >= 0.3 is 5.97 Å². The molecule has 1 aliphatic carbocycles. The highest BCUT2D eigenvalue weighted by atomic mass is 16.5.